The summed E-state index contributed by atoms with van der Waals surface area (Å²) in [6.45, 7) is 2.21. The minimum absolute atomic E-state index is 0.801. The molecule has 0 fully saturated rings. The number of nitrogens with zero attached hydrogens (tertiary/aromatic N) is 5. The van der Waals surface area contributed by atoms with Crippen molar-refractivity contribution in [2.75, 3.05) is 4.90 Å². The van der Waals surface area contributed by atoms with Gasteiger partial charge in [0.15, 0.2) is 11.6 Å². The molecule has 0 aliphatic heterocycles. The minimum atomic E-state index is 0.801. The lowest BCUT2D eigenvalue weighted by molar-refractivity contribution is 0.920. The minimum Gasteiger partial charge on any atom is -0.311 e. The van der Waals surface area contributed by atoms with E-state index in [1.165, 1.54) is 27.4 Å². The van der Waals surface area contributed by atoms with Crippen LogP contribution in [0.3, 0.4) is 0 Å². The predicted octanol–water partition coefficient (Wildman–Crippen LogP) is 12.1. The molecular formula is C47H37N5. The zero-order valence-corrected chi connectivity index (χ0v) is 29.0. The number of benzene rings is 7. The summed E-state index contributed by atoms with van der Waals surface area (Å²) in [4.78, 5) is 2.30. The van der Waals surface area contributed by atoms with Gasteiger partial charge in [-0.05, 0) is 96.9 Å². The van der Waals surface area contributed by atoms with Crippen LogP contribution in [0.25, 0.3) is 56.0 Å². The molecule has 0 saturated carbocycles. The molecule has 5 nitrogen and oxygen atoms in total. The Labute approximate surface area is 303 Å². The van der Waals surface area contributed by atoms with Gasteiger partial charge in [0, 0.05) is 50.3 Å². The summed E-state index contributed by atoms with van der Waals surface area (Å²) in [5.74, 6) is 1.62. The molecule has 52 heavy (non-hydrogen) atoms. The van der Waals surface area contributed by atoms with Crippen LogP contribution in [0.1, 0.15) is 18.9 Å². The van der Waals surface area contributed by atoms with Crippen LogP contribution < -0.4 is 4.90 Å². The average molecular weight is 672 g/mol. The molecule has 2 heterocycles. The summed E-state index contributed by atoms with van der Waals surface area (Å²) in [6, 6.07) is 64.4. The van der Waals surface area contributed by atoms with Crippen molar-refractivity contribution in [2.24, 2.45) is 0 Å². The van der Waals surface area contributed by atoms with Crippen LogP contribution in [-0.2, 0) is 6.42 Å². The van der Waals surface area contributed by atoms with E-state index in [9.17, 15) is 0 Å². The highest BCUT2D eigenvalue weighted by atomic mass is 15.3. The standard InChI is InChI=1S/C47H37N5/c1-2-13-34-22-26-41(27-23-34)52-46(35-14-5-3-6-15-35)48-49-47(52)36-24-28-38(29-25-36)50(37-16-7-4-8-17-37)39-30-32-40(33-31-39)51-44-20-11-9-18-42(44)43-19-10-12-21-45(43)51/h3-12,14-33H,2,13H2,1H3. The van der Waals surface area contributed by atoms with Crippen molar-refractivity contribution in [3.05, 3.63) is 188 Å². The molecule has 0 saturated heterocycles. The lowest BCUT2D eigenvalue weighted by Crippen LogP contribution is -2.10. The molecule has 9 aromatic rings. The lowest BCUT2D eigenvalue weighted by atomic mass is 10.1. The third-order valence-corrected chi connectivity index (χ3v) is 9.77. The third-order valence-electron chi connectivity index (χ3n) is 9.77. The van der Waals surface area contributed by atoms with Crippen LogP contribution in [0.2, 0.25) is 0 Å². The zero-order chi connectivity index (χ0) is 34.9. The topological polar surface area (TPSA) is 38.9 Å². The predicted molar refractivity (Wildman–Crippen MR) is 215 cm³/mol. The van der Waals surface area contributed by atoms with Crippen LogP contribution in [0, 0.1) is 0 Å². The van der Waals surface area contributed by atoms with Gasteiger partial charge in [-0.2, -0.15) is 0 Å². The van der Waals surface area contributed by atoms with Gasteiger partial charge in [0.25, 0.3) is 0 Å². The average Bonchev–Trinajstić information content (AvgIpc) is 3.80. The van der Waals surface area contributed by atoms with Crippen LogP contribution >= 0.6 is 0 Å². The quantitative estimate of drug-likeness (QED) is 0.153. The molecule has 0 radical (unpaired) electrons. The largest absolute Gasteiger partial charge is 0.311 e. The number of hydrogen-bond acceptors (Lipinski definition) is 3. The molecular weight excluding hydrogens is 635 g/mol. The molecule has 0 aliphatic carbocycles. The van der Waals surface area contributed by atoms with E-state index in [4.69, 9.17) is 10.2 Å². The molecule has 0 aliphatic rings. The van der Waals surface area contributed by atoms with Gasteiger partial charge in [0.05, 0.1) is 11.0 Å². The van der Waals surface area contributed by atoms with Crippen molar-refractivity contribution in [3.63, 3.8) is 0 Å². The molecule has 250 valence electrons. The molecule has 0 unspecified atom stereocenters. The summed E-state index contributed by atoms with van der Waals surface area (Å²) < 4.78 is 4.52. The first-order chi connectivity index (χ1) is 25.8. The maximum Gasteiger partial charge on any atom is 0.168 e. The van der Waals surface area contributed by atoms with Crippen molar-refractivity contribution in [2.45, 2.75) is 19.8 Å². The van der Waals surface area contributed by atoms with E-state index in [0.717, 1.165) is 64.1 Å². The van der Waals surface area contributed by atoms with E-state index in [-0.39, 0.29) is 0 Å². The maximum absolute atomic E-state index is 4.76. The molecule has 0 amide bonds. The summed E-state index contributed by atoms with van der Waals surface area (Å²) in [6.07, 6.45) is 2.17. The number of hydrogen-bond donors (Lipinski definition) is 0. The highest BCUT2D eigenvalue weighted by Gasteiger charge is 2.19. The van der Waals surface area contributed by atoms with E-state index in [1.807, 2.05) is 18.2 Å². The van der Waals surface area contributed by atoms with Gasteiger partial charge in [0.2, 0.25) is 0 Å². The monoisotopic (exact) mass is 671 g/mol. The molecule has 9 rings (SSSR count). The fraction of sp³-hybridized carbons (Fsp3) is 0.0638. The highest BCUT2D eigenvalue weighted by Crippen LogP contribution is 2.38. The van der Waals surface area contributed by atoms with Crippen LogP contribution in [0.5, 0.6) is 0 Å². The number of para-hydroxylation sites is 3. The fourth-order valence-electron chi connectivity index (χ4n) is 7.33. The SMILES string of the molecule is CCCc1ccc(-n2c(-c3ccccc3)nnc2-c2ccc(N(c3ccccc3)c3ccc(-n4c5ccccc5c5ccccc54)cc3)cc2)cc1. The molecule has 5 heteroatoms. The highest BCUT2D eigenvalue weighted by molar-refractivity contribution is 6.09. The Morgan fingerprint density at radius 2 is 0.865 bits per heavy atom. The van der Waals surface area contributed by atoms with Crippen LogP contribution in [0.4, 0.5) is 17.1 Å². The Bertz CT molecular complexity index is 2550. The Morgan fingerprint density at radius 3 is 1.44 bits per heavy atom. The summed E-state index contributed by atoms with van der Waals surface area (Å²) in [5, 5.41) is 12.0. The summed E-state index contributed by atoms with van der Waals surface area (Å²) in [7, 11) is 0. The van der Waals surface area contributed by atoms with Crippen molar-refractivity contribution >= 4 is 38.9 Å². The van der Waals surface area contributed by atoms with Crippen molar-refractivity contribution in [3.8, 4) is 34.2 Å². The Morgan fingerprint density at radius 1 is 0.423 bits per heavy atom. The number of anilines is 3. The first-order valence-corrected chi connectivity index (χ1v) is 17.9. The fourth-order valence-corrected chi connectivity index (χ4v) is 7.33. The number of aromatic nitrogens is 4. The first-order valence-electron chi connectivity index (χ1n) is 17.9. The van der Waals surface area contributed by atoms with Crippen molar-refractivity contribution in [1.82, 2.24) is 19.3 Å². The molecule has 7 aromatic carbocycles. The Hall–Kier alpha value is -6.72. The number of fused-ring (bicyclic) bond motifs is 3. The second kappa shape index (κ2) is 13.5. The summed E-state index contributed by atoms with van der Waals surface area (Å²) in [5.41, 5.74) is 11.1. The van der Waals surface area contributed by atoms with Gasteiger partial charge < -0.3 is 9.47 Å². The second-order valence-corrected chi connectivity index (χ2v) is 13.1. The second-order valence-electron chi connectivity index (χ2n) is 13.1. The van der Waals surface area contributed by atoms with Crippen LogP contribution in [-0.4, -0.2) is 19.3 Å². The number of aryl methyl sites for hydroxylation is 1. The van der Waals surface area contributed by atoms with E-state index in [1.54, 1.807) is 0 Å². The zero-order valence-electron chi connectivity index (χ0n) is 29.0. The Kier molecular flexibility index (Phi) is 8.14. The van der Waals surface area contributed by atoms with Gasteiger partial charge >= 0.3 is 0 Å². The van der Waals surface area contributed by atoms with E-state index >= 15 is 0 Å². The van der Waals surface area contributed by atoms with Gasteiger partial charge in [0.1, 0.15) is 0 Å². The first kappa shape index (κ1) is 31.3. The van der Waals surface area contributed by atoms with E-state index < -0.39 is 0 Å². The normalized spacial score (nSPS) is 11.3. The van der Waals surface area contributed by atoms with Gasteiger partial charge in [-0.25, -0.2) is 0 Å². The van der Waals surface area contributed by atoms with Gasteiger partial charge in [-0.15, -0.1) is 10.2 Å². The molecule has 0 N–H and O–H groups in total. The van der Waals surface area contributed by atoms with E-state index in [2.05, 4.69) is 185 Å². The van der Waals surface area contributed by atoms with Gasteiger partial charge in [-0.3, -0.25) is 4.57 Å². The Balaban J connectivity index is 1.11. The smallest absolute Gasteiger partial charge is 0.168 e. The third kappa shape index (κ3) is 5.62. The van der Waals surface area contributed by atoms with Gasteiger partial charge in [-0.1, -0.05) is 110 Å². The molecule has 0 atom stereocenters. The number of rotatable bonds is 9. The van der Waals surface area contributed by atoms with Crippen molar-refractivity contribution < 1.29 is 0 Å². The maximum atomic E-state index is 4.76. The van der Waals surface area contributed by atoms with Crippen molar-refractivity contribution in [1.29, 1.82) is 0 Å². The van der Waals surface area contributed by atoms with E-state index in [0.29, 0.717) is 0 Å². The molecule has 2 aromatic heterocycles. The lowest BCUT2D eigenvalue weighted by Gasteiger charge is -2.26. The summed E-state index contributed by atoms with van der Waals surface area (Å²) >= 11 is 0. The molecule has 0 bridgehead atoms. The molecule has 0 spiro atoms. The van der Waals surface area contributed by atoms with Crippen LogP contribution in [0.15, 0.2) is 182 Å².